The Morgan fingerprint density at radius 2 is 1.48 bits per heavy atom. The molecule has 1 aromatic heterocycles. The highest BCUT2D eigenvalue weighted by molar-refractivity contribution is 6.10. The van der Waals surface area contributed by atoms with Crippen molar-refractivity contribution in [2.45, 2.75) is 65.7 Å². The Balaban J connectivity index is 2.71. The number of ketones is 1. The van der Waals surface area contributed by atoms with E-state index in [1.165, 1.54) is 0 Å². The summed E-state index contributed by atoms with van der Waals surface area (Å²) < 4.78 is 1.93. The molecule has 0 radical (unpaired) electrons. The molecule has 0 spiro atoms. The maximum absolute atomic E-state index is 13.2. The summed E-state index contributed by atoms with van der Waals surface area (Å²) in [4.78, 5) is 13.2. The van der Waals surface area contributed by atoms with Gasteiger partial charge in [-0.2, -0.15) is 0 Å². The molecule has 0 saturated carbocycles. The molecule has 0 fully saturated rings. The molecule has 0 aliphatic carbocycles. The number of nitrogens with zero attached hydrogens (tertiary/aromatic N) is 1. The monoisotopic (exact) mass is 341 g/mol. The lowest BCUT2D eigenvalue weighted by Crippen LogP contribution is -2.19. The molecule has 136 valence electrons. The van der Waals surface area contributed by atoms with Crippen molar-refractivity contribution in [3.63, 3.8) is 0 Å². The van der Waals surface area contributed by atoms with Gasteiger partial charge in [-0.05, 0) is 34.9 Å². The van der Waals surface area contributed by atoms with Crippen molar-refractivity contribution < 1.29 is 9.90 Å². The summed E-state index contributed by atoms with van der Waals surface area (Å²) in [6.07, 6.45) is 4.71. The van der Waals surface area contributed by atoms with Gasteiger partial charge < -0.3 is 9.67 Å². The predicted molar refractivity (Wildman–Crippen MR) is 104 cm³/mol. The van der Waals surface area contributed by atoms with Crippen LogP contribution in [0, 0.1) is 0 Å². The van der Waals surface area contributed by atoms with Gasteiger partial charge in [-0.25, -0.2) is 0 Å². The van der Waals surface area contributed by atoms with Crippen LogP contribution < -0.4 is 0 Å². The zero-order valence-corrected chi connectivity index (χ0v) is 16.8. The van der Waals surface area contributed by atoms with E-state index in [9.17, 15) is 9.90 Å². The van der Waals surface area contributed by atoms with Crippen LogP contribution in [0.5, 0.6) is 5.75 Å². The topological polar surface area (TPSA) is 42.2 Å². The van der Waals surface area contributed by atoms with Crippen LogP contribution >= 0.6 is 0 Å². The van der Waals surface area contributed by atoms with Gasteiger partial charge in [0.1, 0.15) is 5.75 Å². The van der Waals surface area contributed by atoms with Gasteiger partial charge >= 0.3 is 0 Å². The first-order valence-corrected chi connectivity index (χ1v) is 8.93. The van der Waals surface area contributed by atoms with Crippen LogP contribution in [0.1, 0.15) is 81.1 Å². The lowest BCUT2D eigenvalue weighted by molar-refractivity contribution is 0.103. The molecular weight excluding hydrogens is 310 g/mol. The molecule has 0 atom stereocenters. The van der Waals surface area contributed by atoms with E-state index in [2.05, 4.69) is 48.5 Å². The van der Waals surface area contributed by atoms with Crippen LogP contribution in [-0.2, 0) is 24.3 Å². The molecule has 0 amide bonds. The van der Waals surface area contributed by atoms with Crippen molar-refractivity contribution in [3.8, 4) is 5.75 Å². The molecule has 3 heteroatoms. The lowest BCUT2D eigenvalue weighted by atomic mass is 9.77. The summed E-state index contributed by atoms with van der Waals surface area (Å²) in [5.41, 5.74) is 3.59. The second kappa shape index (κ2) is 6.36. The van der Waals surface area contributed by atoms with Gasteiger partial charge in [-0.15, -0.1) is 0 Å². The van der Waals surface area contributed by atoms with Crippen LogP contribution in [0.4, 0.5) is 0 Å². The molecule has 3 nitrogen and oxygen atoms in total. The minimum atomic E-state index is -0.245. The average molecular weight is 341 g/mol. The lowest BCUT2D eigenvalue weighted by Gasteiger charge is -2.28. The molecule has 0 saturated heterocycles. The summed E-state index contributed by atoms with van der Waals surface area (Å²) >= 11 is 0. The van der Waals surface area contributed by atoms with E-state index in [-0.39, 0.29) is 16.6 Å². The maximum Gasteiger partial charge on any atom is 0.194 e. The number of aromatic nitrogens is 1. The zero-order valence-electron chi connectivity index (χ0n) is 16.8. The first kappa shape index (κ1) is 19.3. The summed E-state index contributed by atoms with van der Waals surface area (Å²) in [5.74, 6) is 0.328. The Kier molecular flexibility index (Phi) is 4.91. The molecule has 0 bridgehead atoms. The second-order valence-corrected chi connectivity index (χ2v) is 8.97. The molecule has 0 unspecified atom stereocenters. The number of aryl methyl sites for hydroxylation is 2. The van der Waals surface area contributed by atoms with Crippen molar-refractivity contribution in [3.05, 3.63) is 52.3 Å². The molecule has 0 aliphatic heterocycles. The third kappa shape index (κ3) is 3.81. The minimum absolute atomic E-state index is 0.0217. The Bertz CT molecular complexity index is 763. The number of carbonyl (C=O) groups is 1. The number of rotatable bonds is 3. The fourth-order valence-corrected chi connectivity index (χ4v) is 3.19. The van der Waals surface area contributed by atoms with E-state index in [0.717, 1.165) is 28.7 Å². The van der Waals surface area contributed by atoms with Crippen LogP contribution in [0.2, 0.25) is 0 Å². The normalized spacial score (nSPS) is 12.5. The van der Waals surface area contributed by atoms with Crippen LogP contribution in [-0.4, -0.2) is 15.5 Å². The predicted octanol–water partition coefficient (Wildman–Crippen LogP) is 5.12. The number of hydrogen-bond acceptors (Lipinski definition) is 2. The smallest absolute Gasteiger partial charge is 0.194 e. The quantitative estimate of drug-likeness (QED) is 0.787. The van der Waals surface area contributed by atoms with Crippen LogP contribution in [0.25, 0.3) is 0 Å². The van der Waals surface area contributed by atoms with Gasteiger partial charge in [-0.1, -0.05) is 48.5 Å². The van der Waals surface area contributed by atoms with E-state index in [1.54, 1.807) is 0 Å². The standard InChI is InChI=1S/C22H31NO2/c1-9-14-12-23(8)13-16(14)19(24)15-10-17(21(2,3)4)20(25)18(11-15)22(5,6)7/h10-13,25H,9H2,1-8H3. The van der Waals surface area contributed by atoms with Crippen molar-refractivity contribution >= 4 is 5.78 Å². The third-order valence-electron chi connectivity index (χ3n) is 4.65. The van der Waals surface area contributed by atoms with Crippen molar-refractivity contribution in [1.29, 1.82) is 0 Å². The van der Waals surface area contributed by atoms with E-state index >= 15 is 0 Å². The number of benzene rings is 1. The number of phenols is 1. The van der Waals surface area contributed by atoms with Gasteiger partial charge in [-0.3, -0.25) is 4.79 Å². The number of hydrogen-bond donors (Lipinski definition) is 1. The average Bonchev–Trinajstić information content (AvgIpc) is 2.85. The van der Waals surface area contributed by atoms with Gasteiger partial charge in [0.2, 0.25) is 0 Å². The van der Waals surface area contributed by atoms with E-state index < -0.39 is 0 Å². The Labute approximate surface area is 151 Å². The number of aromatic hydroxyl groups is 1. The summed E-state index contributed by atoms with van der Waals surface area (Å²) in [7, 11) is 1.94. The maximum atomic E-state index is 13.2. The van der Waals surface area contributed by atoms with Crippen LogP contribution in [0.3, 0.4) is 0 Å². The minimum Gasteiger partial charge on any atom is -0.507 e. The molecular formula is C22H31NO2. The highest BCUT2D eigenvalue weighted by Crippen LogP contribution is 2.40. The first-order chi connectivity index (χ1) is 11.4. The summed E-state index contributed by atoms with van der Waals surface area (Å²) in [6, 6.07) is 3.72. The summed E-state index contributed by atoms with van der Waals surface area (Å²) in [5, 5.41) is 10.8. The van der Waals surface area contributed by atoms with Gasteiger partial charge in [0.15, 0.2) is 5.78 Å². The molecule has 0 aliphatic rings. The number of phenolic OH excluding ortho intramolecular Hbond substituents is 1. The first-order valence-electron chi connectivity index (χ1n) is 8.93. The molecule has 2 rings (SSSR count). The molecule has 25 heavy (non-hydrogen) atoms. The van der Waals surface area contributed by atoms with Crippen molar-refractivity contribution in [2.75, 3.05) is 0 Å². The molecule has 2 aromatic rings. The Morgan fingerprint density at radius 3 is 1.88 bits per heavy atom. The fraction of sp³-hybridized carbons (Fsp3) is 0.500. The fourth-order valence-electron chi connectivity index (χ4n) is 3.19. The summed E-state index contributed by atoms with van der Waals surface area (Å²) in [6.45, 7) is 14.4. The molecule has 1 N–H and O–H groups in total. The van der Waals surface area contributed by atoms with Crippen molar-refractivity contribution in [1.82, 2.24) is 4.57 Å². The van der Waals surface area contributed by atoms with Crippen LogP contribution in [0.15, 0.2) is 24.5 Å². The van der Waals surface area contributed by atoms with E-state index in [0.29, 0.717) is 11.3 Å². The highest BCUT2D eigenvalue weighted by atomic mass is 16.3. The largest absolute Gasteiger partial charge is 0.507 e. The van der Waals surface area contributed by atoms with E-state index in [1.807, 2.05) is 36.1 Å². The number of carbonyl (C=O) groups excluding carboxylic acids is 1. The van der Waals surface area contributed by atoms with Gasteiger partial charge in [0.05, 0.1) is 0 Å². The van der Waals surface area contributed by atoms with Gasteiger partial charge in [0.25, 0.3) is 0 Å². The second-order valence-electron chi connectivity index (χ2n) is 8.97. The third-order valence-corrected chi connectivity index (χ3v) is 4.65. The SMILES string of the molecule is CCc1cn(C)cc1C(=O)c1cc(C(C)(C)C)c(O)c(C(C)(C)C)c1. The highest BCUT2D eigenvalue weighted by Gasteiger charge is 2.28. The van der Waals surface area contributed by atoms with E-state index in [4.69, 9.17) is 0 Å². The Morgan fingerprint density at radius 1 is 1.00 bits per heavy atom. The molecule has 1 heterocycles. The molecule has 1 aromatic carbocycles. The van der Waals surface area contributed by atoms with Gasteiger partial charge in [0, 0.05) is 41.7 Å². The van der Waals surface area contributed by atoms with Crippen molar-refractivity contribution in [2.24, 2.45) is 7.05 Å². The Hall–Kier alpha value is -2.03. The zero-order chi connectivity index (χ0) is 19.2.